The van der Waals surface area contributed by atoms with Crippen LogP contribution in [0.3, 0.4) is 0 Å². The van der Waals surface area contributed by atoms with Gasteiger partial charge in [0.15, 0.2) is 0 Å². The number of nitrogens with zero attached hydrogens (tertiary/aromatic N) is 1. The van der Waals surface area contributed by atoms with Crippen molar-refractivity contribution in [2.75, 3.05) is 39.4 Å². The van der Waals surface area contributed by atoms with Crippen LogP contribution in [0.1, 0.15) is 44.9 Å². The van der Waals surface area contributed by atoms with Gasteiger partial charge in [0, 0.05) is 5.57 Å². The number of ketones is 1. The highest BCUT2D eigenvalue weighted by atomic mass is 16.5. The molecule has 1 atom stereocenters. The average molecular weight is 467 g/mol. The second kappa shape index (κ2) is 11.7. The predicted molar refractivity (Wildman–Crippen MR) is 129 cm³/mol. The molecular weight excluding hydrogens is 432 g/mol. The van der Waals surface area contributed by atoms with Crippen molar-refractivity contribution in [2.45, 2.75) is 33.7 Å². The Morgan fingerprint density at radius 3 is 1.91 bits per heavy atom. The zero-order chi connectivity index (χ0) is 24.7. The summed E-state index contributed by atoms with van der Waals surface area (Å²) < 4.78 is 11.0. The van der Waals surface area contributed by atoms with Gasteiger partial charge >= 0.3 is 0 Å². The molecule has 2 aromatic carbocycles. The number of likely N-dealkylation sites (tertiary alicyclic amines) is 1. The molecule has 1 N–H and O–H groups in total. The summed E-state index contributed by atoms with van der Waals surface area (Å²) in [4.78, 5) is 29.1. The molecule has 0 saturated carbocycles. The van der Waals surface area contributed by atoms with Gasteiger partial charge in [-0.3, -0.25) is 9.59 Å². The molecule has 182 valence electrons. The van der Waals surface area contributed by atoms with E-state index in [0.29, 0.717) is 48.9 Å². The van der Waals surface area contributed by atoms with Crippen molar-refractivity contribution in [2.24, 2.45) is 0 Å². The number of carbonyl (C=O) groups excluding carboxylic acids is 2. The normalized spacial score (nSPS) is 17.4. The van der Waals surface area contributed by atoms with Crippen LogP contribution in [-0.4, -0.2) is 56.0 Å². The smallest absolute Gasteiger partial charge is 0.295 e. The summed E-state index contributed by atoms with van der Waals surface area (Å²) in [5.74, 6) is -0.449. The standard InChI is InChI=1S/C27H34N2O5/c1-5-28(6-2)17-18-29-24(19-9-13-21(14-10-19)33-7-3)23(26(31)27(29)32)25(30)20-11-15-22(16-12-20)34-8-4/h9-16,24,30H,5-8,17-18H2,1-4H3/b25-23+. The highest BCUT2D eigenvalue weighted by Gasteiger charge is 2.44. The molecule has 34 heavy (non-hydrogen) atoms. The van der Waals surface area contributed by atoms with Crippen molar-refractivity contribution in [3.63, 3.8) is 0 Å². The minimum absolute atomic E-state index is 0.00660. The number of quaternary nitrogens is 1. The van der Waals surface area contributed by atoms with Gasteiger partial charge in [-0.25, -0.2) is 0 Å². The summed E-state index contributed by atoms with van der Waals surface area (Å²) in [6.45, 7) is 11.9. The van der Waals surface area contributed by atoms with E-state index in [1.165, 1.54) is 4.90 Å². The molecule has 7 nitrogen and oxygen atoms in total. The van der Waals surface area contributed by atoms with Gasteiger partial charge in [0.1, 0.15) is 11.5 Å². The van der Waals surface area contributed by atoms with Crippen LogP contribution in [0.5, 0.6) is 11.5 Å². The van der Waals surface area contributed by atoms with Crippen LogP contribution in [0.4, 0.5) is 0 Å². The van der Waals surface area contributed by atoms with Crippen molar-refractivity contribution in [1.29, 1.82) is 0 Å². The van der Waals surface area contributed by atoms with Crippen LogP contribution in [0.2, 0.25) is 0 Å². The number of hydrogen-bond acceptors (Lipinski definition) is 5. The van der Waals surface area contributed by atoms with E-state index in [2.05, 4.69) is 13.8 Å². The number of hydrogen-bond donors (Lipinski definition) is 1. The lowest BCUT2D eigenvalue weighted by molar-refractivity contribution is -0.895. The largest absolute Gasteiger partial charge is 0.872 e. The predicted octanol–water partition coefficient (Wildman–Crippen LogP) is 1.63. The summed E-state index contributed by atoms with van der Waals surface area (Å²) in [6.07, 6.45) is 0. The third-order valence-electron chi connectivity index (χ3n) is 6.17. The lowest BCUT2D eigenvalue weighted by atomic mass is 9.95. The zero-order valence-corrected chi connectivity index (χ0v) is 20.4. The van der Waals surface area contributed by atoms with Crippen molar-refractivity contribution in [3.8, 4) is 11.5 Å². The quantitative estimate of drug-likeness (QED) is 0.309. The fraction of sp³-hybridized carbons (Fsp3) is 0.407. The SMILES string of the molecule is CCOc1ccc(/C([O-])=C2\C(=O)C(=O)N(CC[NH+](CC)CC)C2c2ccc(OCC)cc2)cc1. The first-order valence-corrected chi connectivity index (χ1v) is 12.0. The fourth-order valence-corrected chi connectivity index (χ4v) is 4.27. The minimum atomic E-state index is -0.732. The Morgan fingerprint density at radius 2 is 1.41 bits per heavy atom. The Bertz CT molecular complexity index is 1010. The number of carbonyl (C=O) groups is 2. The Kier molecular flexibility index (Phi) is 8.71. The van der Waals surface area contributed by atoms with E-state index in [9.17, 15) is 14.7 Å². The van der Waals surface area contributed by atoms with Crippen LogP contribution in [0.25, 0.3) is 5.76 Å². The number of nitrogens with one attached hydrogen (secondary N) is 1. The van der Waals surface area contributed by atoms with Gasteiger partial charge < -0.3 is 24.4 Å². The summed E-state index contributed by atoms with van der Waals surface area (Å²) in [7, 11) is 0. The maximum atomic E-state index is 13.5. The molecule has 0 spiro atoms. The maximum absolute atomic E-state index is 13.5. The van der Waals surface area contributed by atoms with E-state index in [0.717, 1.165) is 13.1 Å². The molecule has 0 radical (unpaired) electrons. The lowest BCUT2D eigenvalue weighted by Crippen LogP contribution is -3.12. The van der Waals surface area contributed by atoms with E-state index in [1.807, 2.05) is 26.0 Å². The van der Waals surface area contributed by atoms with Crippen LogP contribution < -0.4 is 19.5 Å². The third-order valence-corrected chi connectivity index (χ3v) is 6.17. The van der Waals surface area contributed by atoms with Gasteiger partial charge in [0.05, 0.1) is 45.4 Å². The molecule has 1 saturated heterocycles. The third kappa shape index (κ3) is 5.42. The molecule has 3 rings (SSSR count). The zero-order valence-electron chi connectivity index (χ0n) is 20.4. The first-order valence-electron chi connectivity index (χ1n) is 12.0. The first-order chi connectivity index (χ1) is 16.4. The monoisotopic (exact) mass is 466 g/mol. The lowest BCUT2D eigenvalue weighted by Gasteiger charge is -2.28. The Morgan fingerprint density at radius 1 is 0.882 bits per heavy atom. The van der Waals surface area contributed by atoms with Gasteiger partial charge in [-0.1, -0.05) is 30.0 Å². The average Bonchev–Trinajstić information content (AvgIpc) is 3.10. The van der Waals surface area contributed by atoms with Gasteiger partial charge in [0.25, 0.3) is 5.91 Å². The summed E-state index contributed by atoms with van der Waals surface area (Å²) in [5, 5.41) is 13.5. The second-order valence-corrected chi connectivity index (χ2v) is 8.14. The Hall–Kier alpha value is -3.32. The molecular formula is C27H34N2O5. The number of Topliss-reactive ketones (excluding diaryl/α,β-unsaturated/α-hetero) is 1. The molecule has 7 heteroatoms. The second-order valence-electron chi connectivity index (χ2n) is 8.14. The molecule has 0 aromatic heterocycles. The van der Waals surface area contributed by atoms with E-state index >= 15 is 0 Å². The summed E-state index contributed by atoms with van der Waals surface area (Å²) in [5.41, 5.74) is 1.06. The molecule has 1 aliphatic rings. The van der Waals surface area contributed by atoms with Crippen molar-refractivity contribution >= 4 is 17.4 Å². The highest BCUT2D eigenvalue weighted by molar-refractivity contribution is 6.46. The number of likely N-dealkylation sites (N-methyl/N-ethyl adjacent to an activating group) is 1. The van der Waals surface area contributed by atoms with Gasteiger partial charge in [-0.2, -0.15) is 0 Å². The molecule has 0 aliphatic carbocycles. The highest BCUT2D eigenvalue weighted by Crippen LogP contribution is 2.39. The number of benzene rings is 2. The number of ether oxygens (including phenoxy) is 2. The van der Waals surface area contributed by atoms with E-state index in [4.69, 9.17) is 9.47 Å². The van der Waals surface area contributed by atoms with Crippen LogP contribution in [0.15, 0.2) is 54.1 Å². The van der Waals surface area contributed by atoms with Crippen molar-refractivity contribution in [1.82, 2.24) is 4.90 Å². The fourth-order valence-electron chi connectivity index (χ4n) is 4.27. The van der Waals surface area contributed by atoms with Gasteiger partial charge in [-0.05, 0) is 63.1 Å². The van der Waals surface area contributed by atoms with E-state index < -0.39 is 23.5 Å². The molecule has 1 unspecified atom stereocenters. The van der Waals surface area contributed by atoms with E-state index in [1.54, 1.807) is 41.3 Å². The molecule has 1 heterocycles. The minimum Gasteiger partial charge on any atom is -0.872 e. The van der Waals surface area contributed by atoms with Crippen molar-refractivity contribution in [3.05, 3.63) is 65.2 Å². The molecule has 0 bridgehead atoms. The van der Waals surface area contributed by atoms with Crippen LogP contribution in [-0.2, 0) is 9.59 Å². The van der Waals surface area contributed by atoms with Crippen molar-refractivity contribution < 1.29 is 29.1 Å². The van der Waals surface area contributed by atoms with Crippen LogP contribution in [0, 0.1) is 0 Å². The molecule has 1 aliphatic heterocycles. The van der Waals surface area contributed by atoms with Crippen LogP contribution >= 0.6 is 0 Å². The number of amides is 1. The Labute approximate surface area is 201 Å². The molecule has 1 fully saturated rings. The maximum Gasteiger partial charge on any atom is 0.295 e. The Balaban J connectivity index is 2.04. The van der Waals surface area contributed by atoms with Gasteiger partial charge in [0.2, 0.25) is 5.78 Å². The summed E-state index contributed by atoms with van der Waals surface area (Å²) >= 11 is 0. The summed E-state index contributed by atoms with van der Waals surface area (Å²) in [6, 6.07) is 13.2. The van der Waals surface area contributed by atoms with E-state index in [-0.39, 0.29) is 5.57 Å². The first kappa shape index (κ1) is 25.3. The number of rotatable bonds is 11. The molecule has 2 aromatic rings. The molecule has 1 amide bonds. The van der Waals surface area contributed by atoms with Gasteiger partial charge in [-0.15, -0.1) is 0 Å². The topological polar surface area (TPSA) is 83.3 Å².